The Morgan fingerprint density at radius 2 is 2.20 bits per heavy atom. The number of fused-ring (bicyclic) bond motifs is 1. The van der Waals surface area contributed by atoms with Gasteiger partial charge in [-0.15, -0.1) is 0 Å². The molecule has 1 unspecified atom stereocenters. The van der Waals surface area contributed by atoms with Gasteiger partial charge in [-0.25, -0.2) is 13.7 Å². The van der Waals surface area contributed by atoms with Gasteiger partial charge < -0.3 is 10.4 Å². The Morgan fingerprint density at radius 3 is 2.90 bits per heavy atom. The van der Waals surface area contributed by atoms with Crippen molar-refractivity contribution in [1.29, 1.82) is 0 Å². The molecule has 0 spiro atoms. The largest absolute Gasteiger partial charge is 0.465 e. The van der Waals surface area contributed by atoms with Gasteiger partial charge >= 0.3 is 6.09 Å². The van der Waals surface area contributed by atoms with Crippen LogP contribution in [0.5, 0.6) is 0 Å². The van der Waals surface area contributed by atoms with E-state index in [0.717, 1.165) is 17.5 Å². The monoisotopic (exact) mass is 296 g/mol. The highest BCUT2D eigenvalue weighted by Crippen LogP contribution is 2.33. The maximum Gasteiger partial charge on any atom is 0.404 e. The van der Waals surface area contributed by atoms with Crippen molar-refractivity contribution >= 4 is 17.1 Å². The summed E-state index contributed by atoms with van der Waals surface area (Å²) in [4.78, 5) is 10.9. The first-order valence-electron chi connectivity index (χ1n) is 6.81. The lowest BCUT2D eigenvalue weighted by molar-refractivity contribution is 0.189. The zero-order chi connectivity index (χ0) is 14.5. The molecule has 3 N–H and O–H groups in total. The first-order valence-corrected chi connectivity index (χ1v) is 8.12. The van der Waals surface area contributed by atoms with Crippen LogP contribution in [0.1, 0.15) is 30.4 Å². The van der Waals surface area contributed by atoms with Gasteiger partial charge in [-0.1, -0.05) is 31.2 Å². The fraction of sp³-hybridized carbons (Fsp3) is 0.500. The molecule has 0 saturated carbocycles. The first-order chi connectivity index (χ1) is 9.61. The highest BCUT2D eigenvalue weighted by atomic mass is 32.2. The van der Waals surface area contributed by atoms with Crippen LogP contribution < -0.4 is 10.0 Å². The van der Waals surface area contributed by atoms with E-state index in [1.165, 1.54) is 0 Å². The number of hydrogen-bond acceptors (Lipinski definition) is 2. The average molecular weight is 296 g/mol. The summed E-state index contributed by atoms with van der Waals surface area (Å²) in [5.74, 6) is 0.398. The second-order valence-electron chi connectivity index (χ2n) is 4.97. The molecule has 6 heteroatoms. The van der Waals surface area contributed by atoms with Crippen molar-refractivity contribution in [3.63, 3.8) is 0 Å². The Balaban J connectivity index is 2.12. The maximum absolute atomic E-state index is 12.0. The quantitative estimate of drug-likeness (QED) is 0.746. The minimum absolute atomic E-state index is 0.0347. The van der Waals surface area contributed by atoms with Crippen molar-refractivity contribution in [3.05, 3.63) is 35.4 Å². The van der Waals surface area contributed by atoms with Gasteiger partial charge in [0.15, 0.2) is 0 Å². The molecule has 0 aliphatic heterocycles. The van der Waals surface area contributed by atoms with E-state index in [1.807, 2.05) is 31.2 Å². The van der Waals surface area contributed by atoms with Crippen LogP contribution in [-0.2, 0) is 17.4 Å². The molecule has 0 radical (unpaired) electrons. The van der Waals surface area contributed by atoms with E-state index in [2.05, 4.69) is 10.0 Å². The van der Waals surface area contributed by atoms with Crippen molar-refractivity contribution < 1.29 is 14.1 Å². The lowest BCUT2D eigenvalue weighted by Gasteiger charge is -2.20. The Bertz CT molecular complexity index is 507. The second kappa shape index (κ2) is 6.85. The molecule has 5 nitrogen and oxygen atoms in total. The predicted octanol–water partition coefficient (Wildman–Crippen LogP) is 1.63. The van der Waals surface area contributed by atoms with Crippen molar-refractivity contribution in [3.8, 4) is 0 Å². The molecule has 0 heterocycles. The van der Waals surface area contributed by atoms with Crippen LogP contribution in [0.4, 0.5) is 4.79 Å². The number of nitrogens with one attached hydrogen (secondary N) is 2. The summed E-state index contributed by atoms with van der Waals surface area (Å²) in [6, 6.07) is 7.70. The number of hydrogen-bond donors (Lipinski definition) is 3. The molecule has 0 bridgehead atoms. The fourth-order valence-corrected chi connectivity index (χ4v) is 3.92. The van der Waals surface area contributed by atoms with Crippen LogP contribution in [0, 0.1) is 0 Å². The minimum atomic E-state index is -1.14. The van der Waals surface area contributed by atoms with E-state index < -0.39 is 17.1 Å². The summed E-state index contributed by atoms with van der Waals surface area (Å²) in [5, 5.41) is 11.5. The van der Waals surface area contributed by atoms with Gasteiger partial charge in [0.05, 0.1) is 11.0 Å². The molecule has 1 aliphatic carbocycles. The first kappa shape index (κ1) is 15.0. The van der Waals surface area contributed by atoms with E-state index in [-0.39, 0.29) is 12.0 Å². The Morgan fingerprint density at radius 1 is 1.45 bits per heavy atom. The maximum atomic E-state index is 12.0. The van der Waals surface area contributed by atoms with Crippen LogP contribution in [0.15, 0.2) is 24.3 Å². The van der Waals surface area contributed by atoms with E-state index in [0.29, 0.717) is 18.7 Å². The molecule has 0 saturated heterocycles. The lowest BCUT2D eigenvalue weighted by atomic mass is 10.0. The number of rotatable bonds is 6. The molecule has 1 aromatic rings. The fourth-order valence-electron chi connectivity index (χ4n) is 2.63. The number of carboxylic acid groups (broad SMARTS) is 1. The lowest BCUT2D eigenvalue weighted by Crippen LogP contribution is -2.39. The number of benzene rings is 1. The highest BCUT2D eigenvalue weighted by molar-refractivity contribution is 7.83. The summed E-state index contributed by atoms with van der Waals surface area (Å²) < 4.78 is 15.0. The molecule has 110 valence electrons. The molecular weight excluding hydrogens is 276 g/mol. The van der Waals surface area contributed by atoms with Crippen molar-refractivity contribution in [2.45, 2.75) is 31.7 Å². The Hall–Kier alpha value is -1.40. The minimum Gasteiger partial charge on any atom is -0.465 e. The van der Waals surface area contributed by atoms with E-state index >= 15 is 0 Å². The van der Waals surface area contributed by atoms with Gasteiger partial charge in [-0.3, -0.25) is 0 Å². The molecule has 20 heavy (non-hydrogen) atoms. The zero-order valence-corrected chi connectivity index (χ0v) is 12.3. The summed E-state index contributed by atoms with van der Waals surface area (Å²) in [5.41, 5.74) is 2.25. The molecule has 3 atom stereocenters. The van der Waals surface area contributed by atoms with Crippen molar-refractivity contribution in [2.24, 2.45) is 0 Å². The second-order valence-corrected chi connectivity index (χ2v) is 6.28. The zero-order valence-electron chi connectivity index (χ0n) is 11.5. The Kier molecular flexibility index (Phi) is 5.14. The third-order valence-corrected chi connectivity index (χ3v) is 4.72. The van der Waals surface area contributed by atoms with Gasteiger partial charge in [0, 0.05) is 24.3 Å². The van der Waals surface area contributed by atoms with Crippen molar-refractivity contribution in [1.82, 2.24) is 10.0 Å². The molecular formula is C14H20N2O3S. The van der Waals surface area contributed by atoms with Crippen LogP contribution in [-0.4, -0.2) is 33.7 Å². The van der Waals surface area contributed by atoms with Crippen LogP contribution in [0.25, 0.3) is 0 Å². The molecule has 0 aromatic heterocycles. The van der Waals surface area contributed by atoms with Crippen LogP contribution in [0.2, 0.25) is 0 Å². The summed E-state index contributed by atoms with van der Waals surface area (Å²) in [6.45, 7) is 2.72. The van der Waals surface area contributed by atoms with Gasteiger partial charge in [-0.05, 0) is 24.0 Å². The highest BCUT2D eigenvalue weighted by Gasteiger charge is 2.34. The number of amides is 1. The molecule has 1 aromatic carbocycles. The summed E-state index contributed by atoms with van der Waals surface area (Å²) in [7, 11) is -1.14. The Labute approximate surface area is 121 Å². The molecule has 1 aliphatic rings. The molecule has 1 amide bonds. The van der Waals surface area contributed by atoms with Gasteiger partial charge in [0.1, 0.15) is 0 Å². The normalized spacial score (nSPS) is 22.2. The van der Waals surface area contributed by atoms with Crippen molar-refractivity contribution in [2.75, 3.05) is 12.3 Å². The average Bonchev–Trinajstić information content (AvgIpc) is 2.74. The van der Waals surface area contributed by atoms with Gasteiger partial charge in [0.2, 0.25) is 0 Å². The predicted molar refractivity (Wildman–Crippen MR) is 79.1 cm³/mol. The van der Waals surface area contributed by atoms with E-state index in [9.17, 15) is 9.00 Å². The standard InChI is InChI=1S/C14H20N2O3S/c1-2-7-15-20(19)9-12-11-6-4-3-5-10(11)8-13(12)16-14(17)18/h3-6,12-13,15-16H,2,7-9H2,1H3,(H,17,18)/t12-,13-,20?/m1/s1. The summed E-state index contributed by atoms with van der Waals surface area (Å²) >= 11 is 0. The van der Waals surface area contributed by atoms with Crippen LogP contribution >= 0.6 is 0 Å². The SMILES string of the molecule is CCCNS(=O)C[C@@H]1c2ccccc2C[C@H]1NC(=O)O. The van der Waals surface area contributed by atoms with E-state index in [4.69, 9.17) is 5.11 Å². The van der Waals surface area contributed by atoms with Crippen LogP contribution in [0.3, 0.4) is 0 Å². The molecule has 2 rings (SSSR count). The third-order valence-electron chi connectivity index (χ3n) is 3.53. The third kappa shape index (κ3) is 3.58. The van der Waals surface area contributed by atoms with Gasteiger partial charge in [0.25, 0.3) is 0 Å². The topological polar surface area (TPSA) is 78.4 Å². The smallest absolute Gasteiger partial charge is 0.404 e. The van der Waals surface area contributed by atoms with Gasteiger partial charge in [-0.2, -0.15) is 0 Å². The van der Waals surface area contributed by atoms with E-state index in [1.54, 1.807) is 0 Å². The molecule has 0 fully saturated rings. The number of carbonyl (C=O) groups is 1. The summed E-state index contributed by atoms with van der Waals surface area (Å²) in [6.07, 6.45) is 0.558.